The van der Waals surface area contributed by atoms with Gasteiger partial charge in [0.15, 0.2) is 0 Å². The van der Waals surface area contributed by atoms with Crippen LogP contribution < -0.4 is 10.6 Å². The summed E-state index contributed by atoms with van der Waals surface area (Å²) in [5, 5.41) is 10.4. The minimum Gasteiger partial charge on any atom is -0.346 e. The van der Waals surface area contributed by atoms with E-state index in [0.29, 0.717) is 5.89 Å². The normalized spacial score (nSPS) is 25.6. The van der Waals surface area contributed by atoms with Gasteiger partial charge in [0.25, 0.3) is 11.7 Å². The number of hydrogen-bond acceptors (Lipinski definition) is 5. The fourth-order valence-corrected chi connectivity index (χ4v) is 3.53. The van der Waals surface area contributed by atoms with Crippen LogP contribution in [-0.2, 0) is 0 Å². The summed E-state index contributed by atoms with van der Waals surface area (Å²) >= 11 is 0. The van der Waals surface area contributed by atoms with Gasteiger partial charge in [-0.3, -0.25) is 4.79 Å². The van der Waals surface area contributed by atoms with Crippen LogP contribution >= 0.6 is 0 Å². The zero-order valence-electron chi connectivity index (χ0n) is 11.9. The molecule has 1 unspecified atom stereocenters. The van der Waals surface area contributed by atoms with Crippen LogP contribution in [0.5, 0.6) is 0 Å². The molecule has 1 saturated heterocycles. The van der Waals surface area contributed by atoms with Crippen molar-refractivity contribution in [2.75, 3.05) is 6.54 Å². The number of aromatic nitrogens is 2. The van der Waals surface area contributed by atoms with Crippen LogP contribution in [0.2, 0.25) is 0 Å². The predicted molar refractivity (Wildman–Crippen MR) is 73.3 cm³/mol. The third kappa shape index (κ3) is 2.85. The average Bonchev–Trinajstić information content (AvgIpc) is 2.86. The number of carbonyl (C=O) groups excluding carboxylic acids is 1. The summed E-state index contributed by atoms with van der Waals surface area (Å²) in [4.78, 5) is 16.1. The van der Waals surface area contributed by atoms with E-state index in [1.807, 2.05) is 0 Å². The molecule has 1 atom stereocenters. The predicted octanol–water partition coefficient (Wildman–Crippen LogP) is 1.56. The molecule has 1 aliphatic heterocycles. The lowest BCUT2D eigenvalue weighted by molar-refractivity contribution is 0.0879. The summed E-state index contributed by atoms with van der Waals surface area (Å²) in [6.07, 6.45) is 8.33. The molecular formula is C14H22N4O2. The van der Waals surface area contributed by atoms with Crippen molar-refractivity contribution in [2.45, 2.75) is 63.5 Å². The number of amides is 1. The molecule has 0 radical (unpaired) electrons. The molecule has 6 heteroatoms. The van der Waals surface area contributed by atoms with Gasteiger partial charge in [-0.05, 0) is 32.2 Å². The highest BCUT2D eigenvalue weighted by molar-refractivity contribution is 5.90. The average molecular weight is 278 g/mol. The number of aryl methyl sites for hydroxylation is 1. The Hall–Kier alpha value is -1.43. The van der Waals surface area contributed by atoms with Crippen LogP contribution in [-0.4, -0.2) is 34.2 Å². The quantitative estimate of drug-likeness (QED) is 0.858. The molecule has 1 amide bonds. The second-order valence-corrected chi connectivity index (χ2v) is 6.07. The zero-order chi connectivity index (χ0) is 14.0. The molecule has 0 aromatic carbocycles. The van der Waals surface area contributed by atoms with E-state index in [0.717, 1.165) is 19.4 Å². The molecule has 1 aromatic heterocycles. The molecule has 1 spiro atoms. The SMILES string of the molecule is Cc1nc(C(=O)NC2CCNC3(CCCCC3)C2)no1. The highest BCUT2D eigenvalue weighted by atomic mass is 16.5. The van der Waals surface area contributed by atoms with Gasteiger partial charge in [0, 0.05) is 18.5 Å². The highest BCUT2D eigenvalue weighted by Gasteiger charge is 2.37. The number of nitrogens with one attached hydrogen (secondary N) is 2. The summed E-state index contributed by atoms with van der Waals surface area (Å²) in [6, 6.07) is 0.209. The third-order valence-electron chi connectivity index (χ3n) is 4.51. The number of rotatable bonds is 2. The maximum absolute atomic E-state index is 12.1. The van der Waals surface area contributed by atoms with E-state index in [-0.39, 0.29) is 23.3 Å². The lowest BCUT2D eigenvalue weighted by Gasteiger charge is -2.44. The van der Waals surface area contributed by atoms with Crippen molar-refractivity contribution >= 4 is 5.91 Å². The van der Waals surface area contributed by atoms with E-state index < -0.39 is 0 Å². The van der Waals surface area contributed by atoms with Gasteiger partial charge in [0.05, 0.1) is 0 Å². The fraction of sp³-hybridized carbons (Fsp3) is 0.786. The maximum atomic E-state index is 12.1. The number of carbonyl (C=O) groups is 1. The van der Waals surface area contributed by atoms with Crippen LogP contribution in [0.1, 0.15) is 61.5 Å². The summed E-state index contributed by atoms with van der Waals surface area (Å²) in [7, 11) is 0. The van der Waals surface area contributed by atoms with Crippen molar-refractivity contribution in [2.24, 2.45) is 0 Å². The Morgan fingerprint density at radius 1 is 1.40 bits per heavy atom. The second-order valence-electron chi connectivity index (χ2n) is 6.07. The smallest absolute Gasteiger partial charge is 0.292 e. The Kier molecular flexibility index (Phi) is 3.74. The Balaban J connectivity index is 1.61. The molecule has 2 fully saturated rings. The van der Waals surface area contributed by atoms with Gasteiger partial charge in [0.1, 0.15) is 0 Å². The first-order chi connectivity index (χ1) is 9.67. The first-order valence-electron chi connectivity index (χ1n) is 7.53. The molecule has 6 nitrogen and oxygen atoms in total. The van der Waals surface area contributed by atoms with Gasteiger partial charge in [-0.2, -0.15) is 4.98 Å². The minimum atomic E-state index is -0.222. The molecule has 0 bridgehead atoms. The van der Waals surface area contributed by atoms with Crippen LogP contribution in [0, 0.1) is 6.92 Å². The van der Waals surface area contributed by atoms with E-state index in [1.54, 1.807) is 6.92 Å². The topological polar surface area (TPSA) is 80.0 Å². The monoisotopic (exact) mass is 278 g/mol. The van der Waals surface area contributed by atoms with Crippen LogP contribution in [0.3, 0.4) is 0 Å². The fourth-order valence-electron chi connectivity index (χ4n) is 3.53. The first kappa shape index (κ1) is 13.5. The zero-order valence-corrected chi connectivity index (χ0v) is 11.9. The van der Waals surface area contributed by atoms with E-state index >= 15 is 0 Å². The molecule has 2 N–H and O–H groups in total. The van der Waals surface area contributed by atoms with Gasteiger partial charge >= 0.3 is 0 Å². The highest BCUT2D eigenvalue weighted by Crippen LogP contribution is 2.34. The van der Waals surface area contributed by atoms with Gasteiger partial charge in [-0.1, -0.05) is 24.4 Å². The van der Waals surface area contributed by atoms with Gasteiger partial charge in [-0.15, -0.1) is 0 Å². The van der Waals surface area contributed by atoms with Crippen LogP contribution in [0.25, 0.3) is 0 Å². The Morgan fingerprint density at radius 3 is 2.90 bits per heavy atom. The molecule has 3 rings (SSSR count). The number of hydrogen-bond donors (Lipinski definition) is 2. The standard InChI is InChI=1S/C14H22N4O2/c1-10-16-12(18-20-10)13(19)17-11-5-8-15-14(9-11)6-3-2-4-7-14/h11,15H,2-9H2,1H3,(H,17,19). The maximum Gasteiger partial charge on any atom is 0.292 e. The first-order valence-corrected chi connectivity index (χ1v) is 7.53. The Labute approximate surface area is 118 Å². The summed E-state index contributed by atoms with van der Waals surface area (Å²) in [6.45, 7) is 2.65. The van der Waals surface area contributed by atoms with E-state index in [2.05, 4.69) is 20.8 Å². The summed E-state index contributed by atoms with van der Waals surface area (Å²) in [5.41, 5.74) is 0.238. The molecule has 1 aliphatic carbocycles. The molecule has 1 aromatic rings. The van der Waals surface area contributed by atoms with Crippen molar-refractivity contribution in [1.29, 1.82) is 0 Å². The van der Waals surface area contributed by atoms with Crippen molar-refractivity contribution in [3.05, 3.63) is 11.7 Å². The van der Waals surface area contributed by atoms with Gasteiger partial charge in [0.2, 0.25) is 5.89 Å². The van der Waals surface area contributed by atoms with Crippen molar-refractivity contribution < 1.29 is 9.32 Å². The molecule has 20 heavy (non-hydrogen) atoms. The summed E-state index contributed by atoms with van der Waals surface area (Å²) in [5.74, 6) is 0.336. The van der Waals surface area contributed by atoms with E-state index in [9.17, 15) is 4.79 Å². The number of nitrogens with zero attached hydrogens (tertiary/aromatic N) is 2. The largest absolute Gasteiger partial charge is 0.346 e. The molecule has 2 aliphatic rings. The Bertz CT molecular complexity index is 474. The molecular weight excluding hydrogens is 256 g/mol. The van der Waals surface area contributed by atoms with Crippen molar-refractivity contribution in [3.63, 3.8) is 0 Å². The minimum absolute atomic E-state index is 0.138. The lowest BCUT2D eigenvalue weighted by atomic mass is 9.75. The second kappa shape index (κ2) is 5.52. The van der Waals surface area contributed by atoms with E-state index in [1.165, 1.54) is 32.1 Å². The van der Waals surface area contributed by atoms with Gasteiger partial charge in [-0.25, -0.2) is 0 Å². The van der Waals surface area contributed by atoms with Crippen LogP contribution in [0.15, 0.2) is 4.52 Å². The number of piperidine rings is 1. The Morgan fingerprint density at radius 2 is 2.20 bits per heavy atom. The summed E-state index contributed by atoms with van der Waals surface area (Å²) < 4.78 is 4.85. The molecule has 2 heterocycles. The lowest BCUT2D eigenvalue weighted by Crippen LogP contribution is -2.57. The van der Waals surface area contributed by atoms with Crippen molar-refractivity contribution in [3.8, 4) is 0 Å². The van der Waals surface area contributed by atoms with Crippen LogP contribution in [0.4, 0.5) is 0 Å². The molecule has 1 saturated carbocycles. The third-order valence-corrected chi connectivity index (χ3v) is 4.51. The van der Waals surface area contributed by atoms with Crippen molar-refractivity contribution in [1.82, 2.24) is 20.8 Å². The molecule has 110 valence electrons. The van der Waals surface area contributed by atoms with E-state index in [4.69, 9.17) is 4.52 Å². The van der Waals surface area contributed by atoms with Gasteiger partial charge < -0.3 is 15.2 Å².